The van der Waals surface area contributed by atoms with Crippen molar-refractivity contribution in [1.82, 2.24) is 15.0 Å². The van der Waals surface area contributed by atoms with Gasteiger partial charge in [-0.15, -0.1) is 0 Å². The predicted octanol–water partition coefficient (Wildman–Crippen LogP) is 13.4. The summed E-state index contributed by atoms with van der Waals surface area (Å²) >= 11 is 0. The minimum Gasteiger partial charge on any atom is -0.455 e. The molecule has 0 spiro atoms. The summed E-state index contributed by atoms with van der Waals surface area (Å²) in [5.41, 5.74) is 9.59. The number of hydrogen-bond acceptors (Lipinski definition) is 4. The average Bonchev–Trinajstić information content (AvgIpc) is 3.26. The minimum absolute atomic E-state index is 0.626. The Kier molecular flexibility index (Phi) is 7.14. The first-order valence-electron chi connectivity index (χ1n) is 18.5. The molecule has 0 fully saturated rings. The molecule has 11 rings (SSSR count). The Labute approximate surface area is 318 Å². The van der Waals surface area contributed by atoms with Crippen LogP contribution in [0.25, 0.3) is 99.9 Å². The second-order valence-electron chi connectivity index (χ2n) is 13.9. The third-order valence-corrected chi connectivity index (χ3v) is 10.7. The van der Waals surface area contributed by atoms with Gasteiger partial charge in [-0.1, -0.05) is 170 Å². The fourth-order valence-electron chi connectivity index (χ4n) is 8.13. The van der Waals surface area contributed by atoms with Gasteiger partial charge >= 0.3 is 0 Å². The van der Waals surface area contributed by atoms with Gasteiger partial charge in [0.25, 0.3) is 0 Å². The van der Waals surface area contributed by atoms with Gasteiger partial charge in [-0.3, -0.25) is 0 Å². The summed E-state index contributed by atoms with van der Waals surface area (Å²) in [7, 11) is 0. The van der Waals surface area contributed by atoms with Gasteiger partial charge in [-0.2, -0.15) is 0 Å². The third kappa shape index (κ3) is 5.19. The van der Waals surface area contributed by atoms with Gasteiger partial charge in [0, 0.05) is 33.2 Å². The first-order chi connectivity index (χ1) is 27.3. The number of ether oxygens (including phenoxy) is 1. The molecule has 0 atom stereocenters. The molecule has 1 aromatic heterocycles. The molecule has 2 heterocycles. The Morgan fingerprint density at radius 2 is 0.873 bits per heavy atom. The van der Waals surface area contributed by atoms with Crippen LogP contribution in [0.3, 0.4) is 0 Å². The van der Waals surface area contributed by atoms with E-state index in [0.717, 1.165) is 66.4 Å². The van der Waals surface area contributed by atoms with Crippen molar-refractivity contribution in [1.29, 1.82) is 0 Å². The van der Waals surface area contributed by atoms with E-state index in [1.807, 2.05) is 30.3 Å². The lowest BCUT2D eigenvalue weighted by Gasteiger charge is -2.25. The second kappa shape index (κ2) is 12.6. The van der Waals surface area contributed by atoms with Gasteiger partial charge in [0.05, 0.1) is 0 Å². The topological polar surface area (TPSA) is 47.9 Å². The molecule has 1 aliphatic rings. The summed E-state index contributed by atoms with van der Waals surface area (Å²) in [5, 5.41) is 6.78. The van der Waals surface area contributed by atoms with Gasteiger partial charge in [0.2, 0.25) is 0 Å². The highest BCUT2D eigenvalue weighted by Crippen LogP contribution is 2.52. The van der Waals surface area contributed by atoms with Gasteiger partial charge in [-0.05, 0) is 67.4 Å². The van der Waals surface area contributed by atoms with Crippen molar-refractivity contribution in [2.75, 3.05) is 0 Å². The van der Waals surface area contributed by atoms with Crippen LogP contribution in [0.5, 0.6) is 11.5 Å². The lowest BCUT2D eigenvalue weighted by Crippen LogP contribution is -2.01. The van der Waals surface area contributed by atoms with Crippen molar-refractivity contribution in [2.24, 2.45) is 0 Å². The SMILES string of the molecule is c1ccc(-c2nc(-c3ccc4ccccc4c3)nc(-c3ccc(-c4cccc5c4Oc4ccc(-c6ccccc6)c6cccc-5c46)c4ccccc34)n2)cc1. The highest BCUT2D eigenvalue weighted by molar-refractivity contribution is 6.12. The lowest BCUT2D eigenvalue weighted by molar-refractivity contribution is 0.489. The van der Waals surface area contributed by atoms with Crippen LogP contribution in [0.2, 0.25) is 0 Å². The van der Waals surface area contributed by atoms with Crippen LogP contribution in [-0.4, -0.2) is 15.0 Å². The molecular formula is C51H31N3O. The van der Waals surface area contributed by atoms with Crippen LogP contribution in [0.1, 0.15) is 0 Å². The number of benzene rings is 9. The van der Waals surface area contributed by atoms with E-state index in [0.29, 0.717) is 17.5 Å². The van der Waals surface area contributed by atoms with Crippen molar-refractivity contribution in [2.45, 2.75) is 0 Å². The molecule has 10 aromatic rings. The van der Waals surface area contributed by atoms with E-state index in [2.05, 4.69) is 158 Å². The van der Waals surface area contributed by atoms with Crippen molar-refractivity contribution in [3.8, 4) is 79.0 Å². The maximum absolute atomic E-state index is 6.92. The van der Waals surface area contributed by atoms with Crippen LogP contribution >= 0.6 is 0 Å². The number of nitrogens with zero attached hydrogens (tertiary/aromatic N) is 3. The second-order valence-corrected chi connectivity index (χ2v) is 13.9. The van der Waals surface area contributed by atoms with Crippen molar-refractivity contribution in [3.05, 3.63) is 188 Å². The summed E-state index contributed by atoms with van der Waals surface area (Å²) in [5.74, 6) is 3.62. The lowest BCUT2D eigenvalue weighted by atomic mass is 9.87. The third-order valence-electron chi connectivity index (χ3n) is 10.7. The van der Waals surface area contributed by atoms with Gasteiger partial charge in [-0.25, -0.2) is 15.0 Å². The summed E-state index contributed by atoms with van der Waals surface area (Å²) < 4.78 is 6.92. The van der Waals surface area contributed by atoms with Crippen molar-refractivity contribution in [3.63, 3.8) is 0 Å². The van der Waals surface area contributed by atoms with E-state index < -0.39 is 0 Å². The molecule has 0 radical (unpaired) electrons. The largest absolute Gasteiger partial charge is 0.455 e. The smallest absolute Gasteiger partial charge is 0.164 e. The van der Waals surface area contributed by atoms with E-state index in [-0.39, 0.29) is 0 Å². The first kappa shape index (κ1) is 31.1. The normalized spacial score (nSPS) is 11.8. The zero-order chi connectivity index (χ0) is 36.3. The van der Waals surface area contributed by atoms with E-state index in [1.54, 1.807) is 0 Å². The molecule has 0 amide bonds. The Morgan fingerprint density at radius 1 is 0.309 bits per heavy atom. The Balaban J connectivity index is 1.08. The maximum atomic E-state index is 6.92. The van der Waals surface area contributed by atoms with Crippen LogP contribution in [-0.2, 0) is 0 Å². The van der Waals surface area contributed by atoms with E-state index >= 15 is 0 Å². The van der Waals surface area contributed by atoms with Crippen molar-refractivity contribution < 1.29 is 4.74 Å². The Hall–Kier alpha value is -7.43. The molecule has 0 saturated carbocycles. The van der Waals surface area contributed by atoms with Crippen LogP contribution in [0.15, 0.2) is 188 Å². The molecule has 55 heavy (non-hydrogen) atoms. The number of aromatic nitrogens is 3. The van der Waals surface area contributed by atoms with Crippen LogP contribution in [0.4, 0.5) is 0 Å². The number of rotatable bonds is 5. The van der Waals surface area contributed by atoms with Crippen LogP contribution < -0.4 is 4.74 Å². The molecule has 256 valence electrons. The minimum atomic E-state index is 0.626. The van der Waals surface area contributed by atoms with E-state index in [1.165, 1.54) is 27.5 Å². The van der Waals surface area contributed by atoms with Gasteiger partial charge in [0.15, 0.2) is 17.5 Å². The van der Waals surface area contributed by atoms with Crippen molar-refractivity contribution >= 4 is 32.3 Å². The number of para-hydroxylation sites is 1. The summed E-state index contributed by atoms with van der Waals surface area (Å²) in [6.45, 7) is 0. The van der Waals surface area contributed by atoms with Gasteiger partial charge < -0.3 is 4.74 Å². The monoisotopic (exact) mass is 701 g/mol. The zero-order valence-electron chi connectivity index (χ0n) is 29.6. The number of fused-ring (bicyclic) bond motifs is 4. The Bertz CT molecular complexity index is 3120. The van der Waals surface area contributed by atoms with Gasteiger partial charge in [0.1, 0.15) is 11.5 Å². The fraction of sp³-hybridized carbons (Fsp3) is 0. The summed E-state index contributed by atoms with van der Waals surface area (Å²) in [6.07, 6.45) is 0. The van der Waals surface area contributed by atoms with E-state index in [9.17, 15) is 0 Å². The highest BCUT2D eigenvalue weighted by atomic mass is 16.5. The molecule has 4 heteroatoms. The molecule has 0 bridgehead atoms. The first-order valence-corrected chi connectivity index (χ1v) is 18.5. The zero-order valence-corrected chi connectivity index (χ0v) is 29.6. The maximum Gasteiger partial charge on any atom is 0.164 e. The molecule has 1 aliphatic heterocycles. The molecule has 0 saturated heterocycles. The highest BCUT2D eigenvalue weighted by Gasteiger charge is 2.25. The average molecular weight is 702 g/mol. The molecule has 9 aromatic carbocycles. The van der Waals surface area contributed by atoms with E-state index in [4.69, 9.17) is 19.7 Å². The Morgan fingerprint density at radius 3 is 1.67 bits per heavy atom. The molecule has 0 unspecified atom stereocenters. The quantitative estimate of drug-likeness (QED) is 0.179. The summed E-state index contributed by atoms with van der Waals surface area (Å²) in [6, 6.07) is 65.6. The molecule has 0 N–H and O–H groups in total. The fourth-order valence-corrected chi connectivity index (χ4v) is 8.13. The van der Waals surface area contributed by atoms with Crippen LogP contribution in [0, 0.1) is 0 Å². The molecule has 4 nitrogen and oxygen atoms in total. The number of hydrogen-bond donors (Lipinski definition) is 0. The predicted molar refractivity (Wildman–Crippen MR) is 225 cm³/mol. The molecular weight excluding hydrogens is 671 g/mol. The standard InChI is InChI=1S/C51H31N3O/c1-3-14-33(15-4-1)37-29-30-46-47-41(37)21-11-22-42(47)44-24-12-23-43(48(44)55-46)40-27-28-45(39-20-10-9-19-38(39)40)51-53-49(34-16-5-2-6-17-34)52-50(54-51)36-26-25-32-13-7-8-18-35(32)31-36/h1-31H. The molecule has 0 aliphatic carbocycles. The summed E-state index contributed by atoms with van der Waals surface area (Å²) in [4.78, 5) is 15.3.